The van der Waals surface area contributed by atoms with Crippen molar-refractivity contribution in [2.75, 3.05) is 13.7 Å². The minimum Gasteiger partial charge on any atom is -0.497 e. The van der Waals surface area contributed by atoms with E-state index in [4.69, 9.17) is 4.74 Å². The monoisotopic (exact) mass is 403 g/mol. The molecule has 0 unspecified atom stereocenters. The maximum atomic E-state index is 13.4. The summed E-state index contributed by atoms with van der Waals surface area (Å²) in [6.07, 6.45) is 2.30. The van der Waals surface area contributed by atoms with Crippen molar-refractivity contribution in [3.05, 3.63) is 65.4 Å². The third-order valence-electron chi connectivity index (χ3n) is 6.30. The molecule has 2 aromatic carbocycles. The highest BCUT2D eigenvalue weighted by Gasteiger charge is 2.52. The van der Waals surface area contributed by atoms with Crippen LogP contribution in [0.1, 0.15) is 42.6 Å². The van der Waals surface area contributed by atoms with Gasteiger partial charge in [-0.2, -0.15) is 0 Å². The van der Waals surface area contributed by atoms with Gasteiger partial charge in [0.25, 0.3) is 5.91 Å². The van der Waals surface area contributed by atoms with E-state index >= 15 is 0 Å². The lowest BCUT2D eigenvalue weighted by atomic mass is 9.89. The molecule has 0 bridgehead atoms. The van der Waals surface area contributed by atoms with Crippen molar-refractivity contribution in [3.8, 4) is 5.75 Å². The van der Waals surface area contributed by atoms with E-state index in [0.29, 0.717) is 13.0 Å². The molecule has 30 heavy (non-hydrogen) atoms. The molecule has 1 aromatic heterocycles. The summed E-state index contributed by atoms with van der Waals surface area (Å²) in [5, 5.41) is 1.12. The Kier molecular flexibility index (Phi) is 4.50. The average molecular weight is 403 g/mol. The molecule has 154 valence electrons. The summed E-state index contributed by atoms with van der Waals surface area (Å²) < 4.78 is 5.31. The number of rotatable bonds is 5. The number of para-hydroxylation sites is 1. The fourth-order valence-electron chi connectivity index (χ4n) is 4.78. The average Bonchev–Trinajstić information content (AvgIpc) is 3.26. The number of benzene rings is 2. The second-order valence-electron chi connectivity index (χ2n) is 7.99. The highest BCUT2D eigenvalue weighted by molar-refractivity contribution is 6.05. The number of unbranched alkanes of at least 4 members (excludes halogenated alkanes) is 1. The molecular formula is C24H25N3O3. The van der Waals surface area contributed by atoms with Gasteiger partial charge >= 0.3 is 6.03 Å². The van der Waals surface area contributed by atoms with Crippen molar-refractivity contribution in [1.29, 1.82) is 0 Å². The summed E-state index contributed by atoms with van der Waals surface area (Å²) in [5.41, 5.74) is 4.12. The van der Waals surface area contributed by atoms with E-state index in [9.17, 15) is 9.59 Å². The third-order valence-corrected chi connectivity index (χ3v) is 6.30. The number of amides is 3. The second-order valence-corrected chi connectivity index (χ2v) is 7.99. The molecule has 6 nitrogen and oxygen atoms in total. The molecule has 1 N–H and O–H groups in total. The van der Waals surface area contributed by atoms with E-state index < -0.39 is 6.04 Å². The van der Waals surface area contributed by atoms with Crippen molar-refractivity contribution in [2.45, 2.75) is 38.3 Å². The minimum atomic E-state index is -0.465. The van der Waals surface area contributed by atoms with Crippen molar-refractivity contribution in [1.82, 2.24) is 14.8 Å². The SMILES string of the molecule is CCCCN1C(=O)[C@@H]2Cc3c([nH]c4ccccc34)[C@H](c3ccc(OC)cc3)N2C1=O. The van der Waals surface area contributed by atoms with Crippen LogP contribution in [0.25, 0.3) is 10.9 Å². The normalized spacial score (nSPS) is 20.6. The zero-order valence-electron chi connectivity index (χ0n) is 17.2. The van der Waals surface area contributed by atoms with Crippen LogP contribution in [0.15, 0.2) is 48.5 Å². The molecule has 6 heteroatoms. The van der Waals surface area contributed by atoms with Crippen molar-refractivity contribution in [2.24, 2.45) is 0 Å². The number of carbonyl (C=O) groups excluding carboxylic acids is 2. The molecule has 1 saturated heterocycles. The van der Waals surface area contributed by atoms with Crippen molar-refractivity contribution >= 4 is 22.8 Å². The van der Waals surface area contributed by atoms with Gasteiger partial charge in [-0.15, -0.1) is 0 Å². The molecule has 0 saturated carbocycles. The van der Waals surface area contributed by atoms with Crippen LogP contribution in [0, 0.1) is 0 Å². The van der Waals surface area contributed by atoms with Crippen LogP contribution in [-0.4, -0.2) is 46.4 Å². The van der Waals surface area contributed by atoms with Crippen LogP contribution in [0.3, 0.4) is 0 Å². The number of nitrogens with zero attached hydrogens (tertiary/aromatic N) is 2. The number of hydrogen-bond donors (Lipinski definition) is 1. The lowest BCUT2D eigenvalue weighted by Gasteiger charge is -2.36. The quantitative estimate of drug-likeness (QED) is 0.648. The molecule has 0 radical (unpaired) electrons. The van der Waals surface area contributed by atoms with Gasteiger partial charge in [0.2, 0.25) is 0 Å². The Morgan fingerprint density at radius 3 is 2.60 bits per heavy atom. The number of fused-ring (bicyclic) bond motifs is 4. The number of carbonyl (C=O) groups is 2. The van der Waals surface area contributed by atoms with Crippen LogP contribution in [0.4, 0.5) is 4.79 Å². The Hall–Kier alpha value is -3.28. The molecule has 0 aliphatic carbocycles. The van der Waals surface area contributed by atoms with Crippen LogP contribution in [0.5, 0.6) is 5.75 Å². The number of H-pyrrole nitrogens is 1. The van der Waals surface area contributed by atoms with Gasteiger partial charge in [-0.1, -0.05) is 43.7 Å². The highest BCUT2D eigenvalue weighted by Crippen LogP contribution is 2.44. The molecule has 3 amide bonds. The number of aromatic nitrogens is 1. The van der Waals surface area contributed by atoms with Gasteiger partial charge in [-0.25, -0.2) is 4.79 Å². The minimum absolute atomic E-state index is 0.0807. The van der Waals surface area contributed by atoms with Gasteiger partial charge in [-0.3, -0.25) is 14.6 Å². The van der Waals surface area contributed by atoms with E-state index in [-0.39, 0.29) is 18.0 Å². The molecule has 3 aromatic rings. The molecular weight excluding hydrogens is 378 g/mol. The second kappa shape index (κ2) is 7.20. The van der Waals surface area contributed by atoms with Gasteiger partial charge < -0.3 is 9.72 Å². The largest absolute Gasteiger partial charge is 0.497 e. The zero-order valence-corrected chi connectivity index (χ0v) is 17.2. The zero-order chi connectivity index (χ0) is 20.8. The number of ether oxygens (including phenoxy) is 1. The molecule has 5 rings (SSSR count). The summed E-state index contributed by atoms with van der Waals surface area (Å²) in [7, 11) is 1.63. The van der Waals surface area contributed by atoms with Gasteiger partial charge in [0.05, 0.1) is 7.11 Å². The highest BCUT2D eigenvalue weighted by atomic mass is 16.5. The third kappa shape index (κ3) is 2.70. The Labute approximate surface area is 175 Å². The first-order chi connectivity index (χ1) is 14.6. The first kappa shape index (κ1) is 18.7. The smallest absolute Gasteiger partial charge is 0.328 e. The lowest BCUT2D eigenvalue weighted by Crippen LogP contribution is -2.44. The molecule has 3 heterocycles. The van der Waals surface area contributed by atoms with Gasteiger partial charge in [0.15, 0.2) is 0 Å². The number of imide groups is 1. The maximum Gasteiger partial charge on any atom is 0.328 e. The van der Waals surface area contributed by atoms with Crippen LogP contribution >= 0.6 is 0 Å². The summed E-state index contributed by atoms with van der Waals surface area (Å²) in [6, 6.07) is 14.9. The Morgan fingerprint density at radius 1 is 1.10 bits per heavy atom. The number of methoxy groups -OCH3 is 1. The van der Waals surface area contributed by atoms with Gasteiger partial charge in [0.1, 0.15) is 17.8 Å². The van der Waals surface area contributed by atoms with Crippen molar-refractivity contribution in [3.63, 3.8) is 0 Å². The molecule has 0 spiro atoms. The molecule has 2 aliphatic rings. The van der Waals surface area contributed by atoms with Gasteiger partial charge in [-0.05, 0) is 35.7 Å². The standard InChI is InChI=1S/C24H25N3O3/c1-3-4-13-26-23(28)20-14-18-17-7-5-6-8-19(17)25-21(18)22(27(20)24(26)29)15-9-11-16(30-2)12-10-15/h5-12,20,22,25H,3-4,13-14H2,1-2H3/t20-,22-/m0/s1. The lowest BCUT2D eigenvalue weighted by molar-refractivity contribution is -0.128. The Bertz CT molecular complexity index is 1120. The molecule has 1 fully saturated rings. The van der Waals surface area contributed by atoms with Crippen LogP contribution in [0.2, 0.25) is 0 Å². The number of urea groups is 1. The topological polar surface area (TPSA) is 65.6 Å². The maximum absolute atomic E-state index is 13.4. The number of hydrogen-bond acceptors (Lipinski definition) is 3. The Morgan fingerprint density at radius 2 is 1.87 bits per heavy atom. The predicted octanol–water partition coefficient (Wildman–Crippen LogP) is 4.25. The summed E-state index contributed by atoms with van der Waals surface area (Å²) in [5.74, 6) is 0.680. The number of nitrogens with one attached hydrogen (secondary N) is 1. The van der Waals surface area contributed by atoms with E-state index in [0.717, 1.165) is 46.3 Å². The summed E-state index contributed by atoms with van der Waals surface area (Å²) >= 11 is 0. The van der Waals surface area contributed by atoms with Gasteiger partial charge in [0, 0.05) is 29.6 Å². The van der Waals surface area contributed by atoms with Crippen molar-refractivity contribution < 1.29 is 14.3 Å². The fraction of sp³-hybridized carbons (Fsp3) is 0.333. The van der Waals surface area contributed by atoms with E-state index in [1.165, 1.54) is 4.90 Å². The van der Waals surface area contributed by atoms with Crippen LogP contribution in [-0.2, 0) is 11.2 Å². The first-order valence-electron chi connectivity index (χ1n) is 10.5. The summed E-state index contributed by atoms with van der Waals surface area (Å²) in [6.45, 7) is 2.54. The number of aromatic amines is 1. The summed E-state index contributed by atoms with van der Waals surface area (Å²) in [4.78, 5) is 33.4. The van der Waals surface area contributed by atoms with E-state index in [1.807, 2.05) is 42.5 Å². The molecule has 2 atom stereocenters. The van der Waals surface area contributed by atoms with Crippen LogP contribution < -0.4 is 4.74 Å². The predicted molar refractivity (Wildman–Crippen MR) is 114 cm³/mol. The van der Waals surface area contributed by atoms with E-state index in [1.54, 1.807) is 12.0 Å². The van der Waals surface area contributed by atoms with E-state index in [2.05, 4.69) is 18.0 Å². The molecule has 2 aliphatic heterocycles. The first-order valence-corrected chi connectivity index (χ1v) is 10.5. The fourth-order valence-corrected chi connectivity index (χ4v) is 4.78. The Balaban J connectivity index is 1.66.